The number of aliphatic hydroxyl groups is 1. The van der Waals surface area contributed by atoms with Crippen molar-refractivity contribution in [2.45, 2.75) is 18.8 Å². The van der Waals surface area contributed by atoms with E-state index in [-0.39, 0.29) is 30.9 Å². The van der Waals surface area contributed by atoms with E-state index in [1.54, 1.807) is 12.4 Å². The fourth-order valence-corrected chi connectivity index (χ4v) is 3.14. The minimum atomic E-state index is -0.347. The Balaban J connectivity index is 1.74. The summed E-state index contributed by atoms with van der Waals surface area (Å²) in [6.07, 6.45) is 5.36. The number of aliphatic imine (C=N–C) groups is 1. The number of carbonyl (C=O) groups excluding carboxylic acids is 1. The van der Waals surface area contributed by atoms with Crippen molar-refractivity contribution in [2.75, 3.05) is 13.2 Å². The molecule has 0 aliphatic heterocycles. The molecule has 1 amide bonds. The summed E-state index contributed by atoms with van der Waals surface area (Å²) in [5, 5.41) is 16.9. The van der Waals surface area contributed by atoms with Crippen molar-refractivity contribution < 1.29 is 9.90 Å². The summed E-state index contributed by atoms with van der Waals surface area (Å²) in [6, 6.07) is 9.74. The fourth-order valence-electron chi connectivity index (χ4n) is 3.14. The maximum absolute atomic E-state index is 12.7. The molecule has 0 spiro atoms. The van der Waals surface area contributed by atoms with Crippen molar-refractivity contribution in [3.63, 3.8) is 0 Å². The van der Waals surface area contributed by atoms with Gasteiger partial charge in [-0.1, -0.05) is 6.07 Å². The average Bonchev–Trinajstić information content (AvgIpc) is 3.43. The molecular formula is C19H20N6O2. The SMILES string of the molecule is NC(=NCCO)NC(=O)c1cnn(-c2cccc3ncccc23)c1C1CC1. The van der Waals surface area contributed by atoms with E-state index in [1.165, 1.54) is 0 Å². The molecule has 3 aromatic rings. The standard InChI is InChI=1S/C19H20N6O2/c20-19(22-9-10-26)24-18(27)14-11-23-25(17(14)12-6-7-12)16-5-1-4-15-13(16)3-2-8-21-15/h1-5,8,11-12,26H,6-7,9-10H2,(H3,20,22,24,27). The lowest BCUT2D eigenvalue weighted by molar-refractivity contribution is 0.0975. The van der Waals surface area contributed by atoms with Crippen LogP contribution < -0.4 is 11.1 Å². The number of hydrogen-bond donors (Lipinski definition) is 3. The van der Waals surface area contributed by atoms with Gasteiger partial charge in [0.05, 0.1) is 41.8 Å². The summed E-state index contributed by atoms with van der Waals surface area (Å²) in [7, 11) is 0. The molecule has 27 heavy (non-hydrogen) atoms. The van der Waals surface area contributed by atoms with Crippen molar-refractivity contribution in [1.82, 2.24) is 20.1 Å². The molecular weight excluding hydrogens is 344 g/mol. The van der Waals surface area contributed by atoms with Crippen molar-refractivity contribution in [2.24, 2.45) is 10.7 Å². The zero-order valence-corrected chi connectivity index (χ0v) is 14.7. The number of aromatic nitrogens is 3. The first kappa shape index (κ1) is 17.2. The molecule has 2 heterocycles. The van der Waals surface area contributed by atoms with Crippen LogP contribution in [0.3, 0.4) is 0 Å². The summed E-state index contributed by atoms with van der Waals surface area (Å²) < 4.78 is 1.83. The van der Waals surface area contributed by atoms with E-state index in [0.29, 0.717) is 5.56 Å². The summed E-state index contributed by atoms with van der Waals surface area (Å²) in [5.41, 5.74) is 8.83. The number of nitrogens with zero attached hydrogens (tertiary/aromatic N) is 4. The summed E-state index contributed by atoms with van der Waals surface area (Å²) in [5.74, 6) is -0.0746. The number of rotatable bonds is 5. The van der Waals surface area contributed by atoms with Crippen LogP contribution in [0.2, 0.25) is 0 Å². The van der Waals surface area contributed by atoms with Crippen LogP contribution in [-0.4, -0.2) is 44.9 Å². The Labute approximate surface area is 155 Å². The number of hydrogen-bond acceptors (Lipinski definition) is 5. The van der Waals surface area contributed by atoms with Gasteiger partial charge in [-0.25, -0.2) is 4.68 Å². The second-order valence-electron chi connectivity index (χ2n) is 6.42. The fraction of sp³-hybridized carbons (Fsp3) is 0.263. The molecule has 4 N–H and O–H groups in total. The van der Waals surface area contributed by atoms with Gasteiger partial charge in [0.2, 0.25) is 0 Å². The minimum Gasteiger partial charge on any atom is -0.394 e. The number of guanidine groups is 1. The topological polar surface area (TPSA) is 118 Å². The van der Waals surface area contributed by atoms with Gasteiger partial charge in [0.1, 0.15) is 0 Å². The normalized spacial score (nSPS) is 14.5. The van der Waals surface area contributed by atoms with Crippen LogP contribution in [0.25, 0.3) is 16.6 Å². The van der Waals surface area contributed by atoms with E-state index in [4.69, 9.17) is 10.8 Å². The van der Waals surface area contributed by atoms with Gasteiger partial charge in [0.15, 0.2) is 5.96 Å². The average molecular weight is 364 g/mol. The highest BCUT2D eigenvalue weighted by Gasteiger charge is 2.33. The number of nitrogens with two attached hydrogens (primary N) is 1. The number of benzene rings is 1. The second kappa shape index (κ2) is 7.16. The molecule has 8 nitrogen and oxygen atoms in total. The quantitative estimate of drug-likeness (QED) is 0.466. The van der Waals surface area contributed by atoms with Gasteiger partial charge in [-0.15, -0.1) is 0 Å². The van der Waals surface area contributed by atoms with Crippen molar-refractivity contribution in [3.8, 4) is 5.69 Å². The third-order valence-corrected chi connectivity index (χ3v) is 4.49. The summed E-state index contributed by atoms with van der Waals surface area (Å²) in [6.45, 7) is 0.0147. The first-order valence-electron chi connectivity index (χ1n) is 8.83. The molecule has 1 aliphatic carbocycles. The summed E-state index contributed by atoms with van der Waals surface area (Å²) in [4.78, 5) is 21.0. The van der Waals surface area contributed by atoms with Crippen molar-refractivity contribution in [3.05, 3.63) is 54.0 Å². The number of amides is 1. The van der Waals surface area contributed by atoms with Gasteiger partial charge >= 0.3 is 0 Å². The Bertz CT molecular complexity index is 1020. The van der Waals surface area contributed by atoms with Crippen LogP contribution in [0.1, 0.15) is 34.8 Å². The molecule has 0 bridgehead atoms. The van der Waals surface area contributed by atoms with Crippen LogP contribution in [0.15, 0.2) is 47.7 Å². The lowest BCUT2D eigenvalue weighted by Gasteiger charge is -2.11. The lowest BCUT2D eigenvalue weighted by atomic mass is 10.1. The van der Waals surface area contributed by atoms with E-state index in [0.717, 1.165) is 35.1 Å². The third kappa shape index (κ3) is 3.39. The number of fused-ring (bicyclic) bond motifs is 1. The monoisotopic (exact) mass is 364 g/mol. The van der Waals surface area contributed by atoms with Gasteiger partial charge in [0.25, 0.3) is 5.91 Å². The van der Waals surface area contributed by atoms with Crippen LogP contribution in [-0.2, 0) is 0 Å². The Morgan fingerprint density at radius 1 is 1.33 bits per heavy atom. The van der Waals surface area contributed by atoms with Gasteiger partial charge < -0.3 is 10.8 Å². The molecule has 138 valence electrons. The zero-order valence-electron chi connectivity index (χ0n) is 14.7. The number of nitrogens with one attached hydrogen (secondary N) is 1. The Hall–Kier alpha value is -3.26. The number of carbonyl (C=O) groups is 1. The molecule has 1 saturated carbocycles. The van der Waals surface area contributed by atoms with Gasteiger partial charge in [0, 0.05) is 17.5 Å². The highest BCUT2D eigenvalue weighted by Crippen LogP contribution is 2.43. The van der Waals surface area contributed by atoms with Gasteiger partial charge in [-0.3, -0.25) is 20.1 Å². The van der Waals surface area contributed by atoms with Crippen LogP contribution in [0.4, 0.5) is 0 Å². The van der Waals surface area contributed by atoms with Crippen LogP contribution >= 0.6 is 0 Å². The molecule has 0 saturated heterocycles. The summed E-state index contributed by atoms with van der Waals surface area (Å²) >= 11 is 0. The molecule has 8 heteroatoms. The van der Waals surface area contributed by atoms with Crippen LogP contribution in [0, 0.1) is 0 Å². The molecule has 0 atom stereocenters. The molecule has 2 aromatic heterocycles. The number of aliphatic hydroxyl groups excluding tert-OH is 1. The number of pyridine rings is 1. The molecule has 1 aromatic carbocycles. The van der Waals surface area contributed by atoms with Crippen molar-refractivity contribution >= 4 is 22.8 Å². The first-order valence-corrected chi connectivity index (χ1v) is 8.83. The lowest BCUT2D eigenvalue weighted by Crippen LogP contribution is -2.37. The largest absolute Gasteiger partial charge is 0.394 e. The Kier molecular flexibility index (Phi) is 4.55. The molecule has 1 aliphatic rings. The van der Waals surface area contributed by atoms with E-state index >= 15 is 0 Å². The minimum absolute atomic E-state index is 0.0158. The third-order valence-electron chi connectivity index (χ3n) is 4.49. The highest BCUT2D eigenvalue weighted by atomic mass is 16.3. The molecule has 0 unspecified atom stereocenters. The van der Waals surface area contributed by atoms with E-state index in [1.807, 2.05) is 35.0 Å². The van der Waals surface area contributed by atoms with E-state index in [2.05, 4.69) is 20.4 Å². The zero-order chi connectivity index (χ0) is 18.8. The second-order valence-corrected chi connectivity index (χ2v) is 6.42. The van der Waals surface area contributed by atoms with Gasteiger partial charge in [-0.05, 0) is 37.1 Å². The van der Waals surface area contributed by atoms with E-state index in [9.17, 15) is 4.79 Å². The molecule has 0 radical (unpaired) electrons. The Morgan fingerprint density at radius 3 is 2.96 bits per heavy atom. The maximum atomic E-state index is 12.7. The van der Waals surface area contributed by atoms with Crippen LogP contribution in [0.5, 0.6) is 0 Å². The molecule has 4 rings (SSSR count). The van der Waals surface area contributed by atoms with Gasteiger partial charge in [-0.2, -0.15) is 5.10 Å². The van der Waals surface area contributed by atoms with Crippen molar-refractivity contribution in [1.29, 1.82) is 0 Å². The predicted molar refractivity (Wildman–Crippen MR) is 102 cm³/mol. The maximum Gasteiger partial charge on any atom is 0.261 e. The Morgan fingerprint density at radius 2 is 2.19 bits per heavy atom. The molecule has 1 fully saturated rings. The predicted octanol–water partition coefficient (Wildman–Crippen LogP) is 1.33. The van der Waals surface area contributed by atoms with E-state index < -0.39 is 0 Å². The first-order chi connectivity index (χ1) is 13.2. The smallest absolute Gasteiger partial charge is 0.261 e. The highest BCUT2D eigenvalue weighted by molar-refractivity contribution is 6.06.